The Kier molecular flexibility index (Phi) is 28.4. The van der Waals surface area contributed by atoms with E-state index < -0.39 is 11.9 Å². The van der Waals surface area contributed by atoms with Crippen molar-refractivity contribution in [2.24, 2.45) is 0 Å². The van der Waals surface area contributed by atoms with E-state index in [0.29, 0.717) is 112 Å². The van der Waals surface area contributed by atoms with E-state index in [1.54, 1.807) is 4.90 Å². The number of nitrogens with zero attached hydrogens (tertiary/aromatic N) is 1. The molecule has 0 bridgehead atoms. The topological polar surface area (TPSA) is 210 Å². The largest absolute Gasteiger partial charge is 0.481 e. The number of carbonyl (C=O) groups excluding carboxylic acids is 2. The highest BCUT2D eigenvalue weighted by molar-refractivity contribution is 5.77. The molecule has 1 heterocycles. The van der Waals surface area contributed by atoms with Gasteiger partial charge in [-0.25, -0.2) is 4.79 Å². The summed E-state index contributed by atoms with van der Waals surface area (Å²) < 4.78 is 43.4. The molecule has 1 aliphatic rings. The Balaban J connectivity index is 2.17. The number of hydrogen-bond acceptors (Lipinski definition) is 12. The molecule has 286 valence electrons. The van der Waals surface area contributed by atoms with Crippen molar-refractivity contribution in [1.82, 2.24) is 15.5 Å². The summed E-state index contributed by atoms with van der Waals surface area (Å²) >= 11 is 0. The molecule has 0 spiro atoms. The lowest BCUT2D eigenvalue weighted by Gasteiger charge is -2.23. The molecule has 0 aromatic rings. The number of urea groups is 1. The van der Waals surface area contributed by atoms with Crippen LogP contribution in [0.5, 0.6) is 0 Å². The number of aliphatic carboxylic acids is 2. The third-order valence-electron chi connectivity index (χ3n) is 7.20. The van der Waals surface area contributed by atoms with Gasteiger partial charge in [-0.15, -0.1) is 0 Å². The second-order valence-electron chi connectivity index (χ2n) is 11.2. The van der Waals surface area contributed by atoms with E-state index in [1.165, 1.54) is 0 Å². The van der Waals surface area contributed by atoms with E-state index in [1.807, 2.05) is 6.92 Å². The van der Waals surface area contributed by atoms with Gasteiger partial charge in [0.25, 0.3) is 0 Å². The molecule has 3 amide bonds. The number of unbranched alkanes of at least 4 members (excludes halogenated alkanes) is 2. The Morgan fingerprint density at radius 2 is 0.939 bits per heavy atom. The van der Waals surface area contributed by atoms with Gasteiger partial charge < -0.3 is 63.6 Å². The molecule has 1 unspecified atom stereocenters. The Labute approximate surface area is 289 Å². The first-order chi connectivity index (χ1) is 23.8. The van der Waals surface area contributed by atoms with E-state index in [-0.39, 0.29) is 50.1 Å². The van der Waals surface area contributed by atoms with Crippen molar-refractivity contribution in [3.8, 4) is 0 Å². The Hall–Kier alpha value is -2.64. The van der Waals surface area contributed by atoms with Crippen LogP contribution in [-0.4, -0.2) is 170 Å². The summed E-state index contributed by atoms with van der Waals surface area (Å²) in [7, 11) is 0. The fourth-order valence-electron chi connectivity index (χ4n) is 4.49. The van der Waals surface area contributed by atoms with Gasteiger partial charge in [-0.3, -0.25) is 14.4 Å². The molecule has 0 aromatic heterocycles. The SMILES string of the molecule is C[C@@H]1NC(=O)NC1CCCCCC(=O)N(CCOCCOCCOCCOCCC(=O)O)CCOCCOCCOCCOCCC(=O)O. The van der Waals surface area contributed by atoms with Crippen molar-refractivity contribution in [1.29, 1.82) is 0 Å². The third kappa shape index (κ3) is 27.8. The smallest absolute Gasteiger partial charge is 0.315 e. The zero-order valence-electron chi connectivity index (χ0n) is 29.1. The van der Waals surface area contributed by atoms with Gasteiger partial charge in [0.2, 0.25) is 5.91 Å². The highest BCUT2D eigenvalue weighted by atomic mass is 16.6. The van der Waals surface area contributed by atoms with Crippen LogP contribution >= 0.6 is 0 Å². The molecule has 2 atom stereocenters. The number of carbonyl (C=O) groups is 4. The zero-order chi connectivity index (χ0) is 35.8. The molecule has 0 radical (unpaired) electrons. The van der Waals surface area contributed by atoms with Gasteiger partial charge in [0, 0.05) is 25.6 Å². The lowest BCUT2D eigenvalue weighted by atomic mass is 10.0. The predicted molar refractivity (Wildman–Crippen MR) is 176 cm³/mol. The third-order valence-corrected chi connectivity index (χ3v) is 7.20. The molecule has 1 saturated heterocycles. The van der Waals surface area contributed by atoms with Crippen molar-refractivity contribution < 1.29 is 67.3 Å². The highest BCUT2D eigenvalue weighted by Crippen LogP contribution is 2.12. The Morgan fingerprint density at radius 3 is 1.31 bits per heavy atom. The summed E-state index contributed by atoms with van der Waals surface area (Å²) in [6.07, 6.45) is 3.80. The minimum Gasteiger partial charge on any atom is -0.481 e. The van der Waals surface area contributed by atoms with Gasteiger partial charge in [-0.2, -0.15) is 0 Å². The normalized spacial score (nSPS) is 15.7. The zero-order valence-corrected chi connectivity index (χ0v) is 29.1. The fourth-order valence-corrected chi connectivity index (χ4v) is 4.49. The summed E-state index contributed by atoms with van der Waals surface area (Å²) in [5.41, 5.74) is 0. The van der Waals surface area contributed by atoms with E-state index >= 15 is 0 Å². The van der Waals surface area contributed by atoms with Gasteiger partial charge in [0.15, 0.2) is 0 Å². The van der Waals surface area contributed by atoms with Crippen molar-refractivity contribution in [3.05, 3.63) is 0 Å². The van der Waals surface area contributed by atoms with E-state index in [9.17, 15) is 19.2 Å². The number of amides is 3. The molecule has 0 saturated carbocycles. The Morgan fingerprint density at radius 1 is 0.551 bits per heavy atom. The molecular formula is C32H59N3O14. The summed E-state index contributed by atoms with van der Waals surface area (Å²) in [6.45, 7) is 8.35. The molecule has 1 aliphatic heterocycles. The predicted octanol–water partition coefficient (Wildman–Crippen LogP) is 0.918. The monoisotopic (exact) mass is 709 g/mol. The molecular weight excluding hydrogens is 650 g/mol. The van der Waals surface area contributed by atoms with E-state index in [4.69, 9.17) is 48.1 Å². The van der Waals surface area contributed by atoms with Crippen LogP contribution in [0.2, 0.25) is 0 Å². The molecule has 17 nitrogen and oxygen atoms in total. The number of rotatable bonds is 36. The van der Waals surface area contributed by atoms with E-state index in [0.717, 1.165) is 25.7 Å². The maximum atomic E-state index is 13.0. The van der Waals surface area contributed by atoms with Crippen LogP contribution in [0.1, 0.15) is 51.9 Å². The van der Waals surface area contributed by atoms with Crippen LogP contribution in [0.15, 0.2) is 0 Å². The first-order valence-corrected chi connectivity index (χ1v) is 17.2. The van der Waals surface area contributed by atoms with Crippen LogP contribution in [0.25, 0.3) is 0 Å². The van der Waals surface area contributed by atoms with Gasteiger partial charge >= 0.3 is 18.0 Å². The number of hydrogen-bond donors (Lipinski definition) is 4. The minimum absolute atomic E-state index is 0.0315. The van der Waals surface area contributed by atoms with Gasteiger partial charge in [-0.1, -0.05) is 12.8 Å². The van der Waals surface area contributed by atoms with Gasteiger partial charge in [0.1, 0.15) is 0 Å². The number of ether oxygens (including phenoxy) is 8. The summed E-state index contributed by atoms with van der Waals surface area (Å²) in [5.74, 6) is -1.75. The number of nitrogens with one attached hydrogen (secondary N) is 2. The standard InChI is InChI=1S/C32H59N3O14/c1-27-28(34-32(41)33-27)5-3-2-4-6-29(36)35(9-13-44-17-21-48-25-23-46-19-15-42-11-7-30(37)38)10-14-45-18-22-49-26-24-47-20-16-43-12-8-31(39)40/h27-28H,2-26H2,1H3,(H,37,38)(H,39,40)(H2,33,34,41)/t27-,28?/m0/s1. The molecule has 1 fully saturated rings. The summed E-state index contributed by atoms with van der Waals surface area (Å²) in [6, 6.07) is 0.0972. The molecule has 0 aliphatic carbocycles. The average Bonchev–Trinajstić information content (AvgIpc) is 3.39. The fraction of sp³-hybridized carbons (Fsp3) is 0.875. The van der Waals surface area contributed by atoms with Crippen molar-refractivity contribution >= 4 is 23.9 Å². The maximum Gasteiger partial charge on any atom is 0.315 e. The molecule has 0 aromatic carbocycles. The maximum absolute atomic E-state index is 13.0. The second-order valence-corrected chi connectivity index (χ2v) is 11.2. The van der Waals surface area contributed by atoms with Gasteiger partial charge in [0.05, 0.1) is 125 Å². The molecule has 17 heteroatoms. The van der Waals surface area contributed by atoms with Crippen LogP contribution in [0.4, 0.5) is 4.79 Å². The molecule has 4 N–H and O–H groups in total. The highest BCUT2D eigenvalue weighted by Gasteiger charge is 2.27. The second kappa shape index (κ2) is 31.3. The first kappa shape index (κ1) is 44.4. The quantitative estimate of drug-likeness (QED) is 0.0667. The van der Waals surface area contributed by atoms with E-state index in [2.05, 4.69) is 10.6 Å². The Bertz CT molecular complexity index is 827. The van der Waals surface area contributed by atoms with Crippen LogP contribution in [-0.2, 0) is 52.3 Å². The molecule has 49 heavy (non-hydrogen) atoms. The average molecular weight is 710 g/mol. The lowest BCUT2D eigenvalue weighted by molar-refractivity contribution is -0.139. The first-order valence-electron chi connectivity index (χ1n) is 17.2. The summed E-state index contributed by atoms with van der Waals surface area (Å²) in [5, 5.41) is 22.9. The lowest BCUT2D eigenvalue weighted by Crippen LogP contribution is -2.37. The summed E-state index contributed by atoms with van der Waals surface area (Å²) in [4.78, 5) is 47.1. The van der Waals surface area contributed by atoms with Crippen molar-refractivity contribution in [3.63, 3.8) is 0 Å². The molecule has 1 rings (SSSR count). The number of carboxylic acids is 2. The van der Waals surface area contributed by atoms with Crippen molar-refractivity contribution in [2.45, 2.75) is 64.0 Å². The van der Waals surface area contributed by atoms with Crippen LogP contribution in [0, 0.1) is 0 Å². The van der Waals surface area contributed by atoms with Gasteiger partial charge in [-0.05, 0) is 19.8 Å². The van der Waals surface area contributed by atoms with Crippen LogP contribution < -0.4 is 10.6 Å². The van der Waals surface area contributed by atoms with Crippen LogP contribution in [0.3, 0.4) is 0 Å². The number of carboxylic acid groups (broad SMARTS) is 2. The minimum atomic E-state index is -0.897. The van der Waals surface area contributed by atoms with Crippen molar-refractivity contribution in [2.75, 3.05) is 119 Å².